The molecule has 5 rings (SSSR count). The molecule has 12 heteroatoms. The average Bonchev–Trinajstić information content (AvgIpc) is 3.39. The van der Waals surface area contributed by atoms with Crippen LogP contribution in [0.3, 0.4) is 0 Å². The second-order valence-electron chi connectivity index (χ2n) is 7.25. The summed E-state index contributed by atoms with van der Waals surface area (Å²) >= 11 is 0.998. The van der Waals surface area contributed by atoms with E-state index in [9.17, 15) is 22.4 Å². The fraction of sp³-hybridized carbons (Fsp3) is 0.0952. The van der Waals surface area contributed by atoms with E-state index in [1.165, 1.54) is 29.8 Å². The third-order valence-electron chi connectivity index (χ3n) is 5.34. The zero-order valence-corrected chi connectivity index (χ0v) is 18.1. The molecule has 0 saturated heterocycles. The van der Waals surface area contributed by atoms with Gasteiger partial charge >= 0.3 is 5.76 Å². The Morgan fingerprint density at radius 2 is 2.06 bits per heavy atom. The zero-order valence-electron chi connectivity index (χ0n) is 16.5. The number of nitrogens with one attached hydrogen (secondary N) is 1. The van der Waals surface area contributed by atoms with E-state index in [0.29, 0.717) is 18.3 Å². The number of oxazole rings is 1. The molecule has 0 bridgehead atoms. The molecule has 4 aromatic rings. The number of anilines is 1. The molecule has 0 saturated carbocycles. The maximum Gasteiger partial charge on any atom is 0.421 e. The van der Waals surface area contributed by atoms with Gasteiger partial charge in [0.2, 0.25) is 0 Å². The Balaban J connectivity index is 1.73. The van der Waals surface area contributed by atoms with E-state index < -0.39 is 37.8 Å². The molecule has 1 N–H and O–H groups in total. The summed E-state index contributed by atoms with van der Waals surface area (Å²) in [7, 11) is -4.39. The SMILES string of the molecule is O=CC1(n2c(=O)oc3cc(S(=O)(=O)Nc4nccs4)c(F)cc32)C=CCc2ccc(F)cc21. The van der Waals surface area contributed by atoms with E-state index in [4.69, 9.17) is 4.42 Å². The summed E-state index contributed by atoms with van der Waals surface area (Å²) in [5.41, 5.74) is -1.44. The molecule has 2 aromatic carbocycles. The number of fused-ring (bicyclic) bond motifs is 2. The smallest absolute Gasteiger partial charge is 0.408 e. The van der Waals surface area contributed by atoms with Crippen molar-refractivity contribution in [2.24, 2.45) is 0 Å². The number of halogens is 2. The standard InChI is InChI=1S/C21H13F2N3O5S2/c22-13-4-3-12-2-1-5-21(11-27,14(12)8-13)26-16-9-15(23)18(10-17(16)31-20(26)28)33(29,30)25-19-24-6-7-32-19/h1,3-11H,2H2,(H,24,25). The van der Waals surface area contributed by atoms with Crippen molar-refractivity contribution in [3.05, 3.63) is 87.4 Å². The highest BCUT2D eigenvalue weighted by atomic mass is 32.2. The summed E-state index contributed by atoms with van der Waals surface area (Å²) in [5.74, 6) is -2.84. The highest BCUT2D eigenvalue weighted by Gasteiger charge is 2.39. The zero-order chi connectivity index (χ0) is 23.4. The van der Waals surface area contributed by atoms with E-state index in [0.717, 1.165) is 34.1 Å². The van der Waals surface area contributed by atoms with Crippen molar-refractivity contribution < 1.29 is 26.4 Å². The van der Waals surface area contributed by atoms with Crippen LogP contribution in [0.25, 0.3) is 11.1 Å². The van der Waals surface area contributed by atoms with E-state index in [1.54, 1.807) is 6.08 Å². The van der Waals surface area contributed by atoms with Crippen LogP contribution < -0.4 is 10.5 Å². The molecule has 1 atom stereocenters. The Hall–Kier alpha value is -3.64. The first-order chi connectivity index (χ1) is 15.7. The van der Waals surface area contributed by atoms with Gasteiger partial charge in [-0.15, -0.1) is 11.3 Å². The first-order valence-corrected chi connectivity index (χ1v) is 11.8. The summed E-state index contributed by atoms with van der Waals surface area (Å²) in [6, 6.07) is 5.51. The second-order valence-corrected chi connectivity index (χ2v) is 9.79. The maximum atomic E-state index is 15.0. The molecule has 0 radical (unpaired) electrons. The van der Waals surface area contributed by atoms with Gasteiger partial charge < -0.3 is 4.42 Å². The van der Waals surface area contributed by atoms with Gasteiger partial charge in [0.05, 0.1) is 5.52 Å². The van der Waals surface area contributed by atoms with Crippen LogP contribution in [0.4, 0.5) is 13.9 Å². The molecule has 2 aromatic heterocycles. The largest absolute Gasteiger partial charge is 0.421 e. The molecule has 0 fully saturated rings. The Bertz CT molecular complexity index is 1610. The molecular weight excluding hydrogens is 476 g/mol. The minimum atomic E-state index is -4.39. The molecule has 1 aliphatic carbocycles. The number of nitrogens with zero attached hydrogens (tertiary/aromatic N) is 2. The lowest BCUT2D eigenvalue weighted by Gasteiger charge is -2.31. The van der Waals surface area contributed by atoms with E-state index >= 15 is 4.39 Å². The van der Waals surface area contributed by atoms with Crippen molar-refractivity contribution >= 4 is 43.9 Å². The molecule has 0 aliphatic heterocycles. The Morgan fingerprint density at radius 1 is 1.24 bits per heavy atom. The third-order valence-corrected chi connectivity index (χ3v) is 7.51. The van der Waals surface area contributed by atoms with Crippen LogP contribution in [0.15, 0.2) is 68.2 Å². The van der Waals surface area contributed by atoms with Crippen LogP contribution in [-0.2, 0) is 26.8 Å². The maximum absolute atomic E-state index is 15.0. The second kappa shape index (κ2) is 7.46. The molecule has 33 heavy (non-hydrogen) atoms. The molecular formula is C21H13F2N3O5S2. The highest BCUT2D eigenvalue weighted by Crippen LogP contribution is 2.36. The van der Waals surface area contributed by atoms with Gasteiger partial charge in [0.25, 0.3) is 10.0 Å². The molecule has 0 amide bonds. The van der Waals surface area contributed by atoms with Crippen molar-refractivity contribution in [3.63, 3.8) is 0 Å². The first kappa shape index (κ1) is 21.2. The minimum Gasteiger partial charge on any atom is -0.408 e. The van der Waals surface area contributed by atoms with Gasteiger partial charge in [-0.3, -0.25) is 14.1 Å². The van der Waals surface area contributed by atoms with Crippen LogP contribution in [0, 0.1) is 11.6 Å². The van der Waals surface area contributed by atoms with Crippen LogP contribution >= 0.6 is 11.3 Å². The number of allylic oxidation sites excluding steroid dienone is 2. The lowest BCUT2D eigenvalue weighted by molar-refractivity contribution is -0.112. The van der Waals surface area contributed by atoms with Crippen LogP contribution in [0.1, 0.15) is 11.1 Å². The average molecular weight is 489 g/mol. The molecule has 1 aliphatic rings. The van der Waals surface area contributed by atoms with Crippen molar-refractivity contribution in [2.45, 2.75) is 16.9 Å². The number of hydrogen-bond acceptors (Lipinski definition) is 7. The number of aldehydes is 1. The summed E-state index contributed by atoms with van der Waals surface area (Å²) in [6.07, 6.45) is 5.25. The van der Waals surface area contributed by atoms with E-state index in [-0.39, 0.29) is 21.8 Å². The van der Waals surface area contributed by atoms with Gasteiger partial charge in [0.1, 0.15) is 16.5 Å². The van der Waals surface area contributed by atoms with Crippen LogP contribution in [0.5, 0.6) is 0 Å². The summed E-state index contributed by atoms with van der Waals surface area (Å²) in [6.45, 7) is 0. The predicted octanol–water partition coefficient (Wildman–Crippen LogP) is 3.18. The van der Waals surface area contributed by atoms with Gasteiger partial charge in [-0.25, -0.2) is 27.0 Å². The fourth-order valence-corrected chi connectivity index (χ4v) is 5.79. The van der Waals surface area contributed by atoms with E-state index in [1.807, 2.05) is 0 Å². The van der Waals surface area contributed by atoms with Crippen molar-refractivity contribution in [3.8, 4) is 0 Å². The monoisotopic (exact) mass is 489 g/mol. The lowest BCUT2D eigenvalue weighted by atomic mass is 9.81. The lowest BCUT2D eigenvalue weighted by Crippen LogP contribution is -2.42. The van der Waals surface area contributed by atoms with Crippen LogP contribution in [-0.4, -0.2) is 24.3 Å². The molecule has 8 nitrogen and oxygen atoms in total. The number of carbonyl (C=O) groups excluding carboxylic acids is 1. The quantitative estimate of drug-likeness (QED) is 0.341. The Morgan fingerprint density at radius 3 is 2.79 bits per heavy atom. The van der Waals surface area contributed by atoms with Gasteiger partial charge in [-0.1, -0.05) is 18.2 Å². The van der Waals surface area contributed by atoms with Gasteiger partial charge in [-0.05, 0) is 29.7 Å². The third kappa shape index (κ3) is 3.29. The summed E-state index contributed by atoms with van der Waals surface area (Å²) < 4.78 is 62.6. The number of hydrogen-bond donors (Lipinski definition) is 1. The molecule has 2 heterocycles. The summed E-state index contributed by atoms with van der Waals surface area (Å²) in [5, 5.41) is 1.56. The molecule has 1 unspecified atom stereocenters. The number of sulfonamides is 1. The topological polar surface area (TPSA) is 111 Å². The number of benzene rings is 2. The normalized spacial score (nSPS) is 17.8. The number of aromatic nitrogens is 2. The van der Waals surface area contributed by atoms with Gasteiger partial charge in [0.15, 0.2) is 22.5 Å². The molecule has 0 spiro atoms. The number of carbonyl (C=O) groups is 1. The van der Waals surface area contributed by atoms with Crippen molar-refractivity contribution in [1.29, 1.82) is 0 Å². The summed E-state index contributed by atoms with van der Waals surface area (Å²) in [4.78, 5) is 28.2. The molecule has 168 valence electrons. The first-order valence-electron chi connectivity index (χ1n) is 9.46. The Kier molecular flexibility index (Phi) is 4.79. The van der Waals surface area contributed by atoms with Crippen LogP contribution in [0.2, 0.25) is 0 Å². The predicted molar refractivity (Wildman–Crippen MR) is 116 cm³/mol. The Labute approximate surface area is 188 Å². The van der Waals surface area contributed by atoms with Gasteiger partial charge in [-0.2, -0.15) is 0 Å². The highest BCUT2D eigenvalue weighted by molar-refractivity contribution is 7.93. The minimum absolute atomic E-state index is 0.0272. The fourth-order valence-electron chi connectivity index (χ4n) is 3.92. The number of thiazole rings is 1. The van der Waals surface area contributed by atoms with Crippen molar-refractivity contribution in [1.82, 2.24) is 9.55 Å². The van der Waals surface area contributed by atoms with Gasteiger partial charge in [0, 0.05) is 23.7 Å². The van der Waals surface area contributed by atoms with E-state index in [2.05, 4.69) is 9.71 Å². The number of rotatable bonds is 5. The van der Waals surface area contributed by atoms with Crippen molar-refractivity contribution in [2.75, 3.05) is 4.72 Å².